The Balaban J connectivity index is 1.63. The predicted octanol–water partition coefficient (Wildman–Crippen LogP) is 5.05. The maximum Gasteiger partial charge on any atom is 0.169 e. The molecule has 1 N–H and O–H groups in total. The van der Waals surface area contributed by atoms with Gasteiger partial charge in [-0.3, -0.25) is 0 Å². The third kappa shape index (κ3) is 5.34. The average molecular weight is 343 g/mol. The van der Waals surface area contributed by atoms with Crippen molar-refractivity contribution in [2.24, 2.45) is 5.92 Å². The van der Waals surface area contributed by atoms with E-state index >= 15 is 0 Å². The standard InChI is InChI=1S/C21H30N2S/c24-21(22-20-14-8-3-9-15-20)23(16-18-10-4-1-5-11-18)17-19-12-6-2-7-13-19/h1,3-5,8,10-11,19-20H,2,6-7,9,12-17H2,(H,22,24)/t20-/m1/s1. The van der Waals surface area contributed by atoms with Crippen molar-refractivity contribution >= 4 is 17.3 Å². The lowest BCUT2D eigenvalue weighted by Crippen LogP contribution is -2.46. The fourth-order valence-corrected chi connectivity index (χ4v) is 4.20. The van der Waals surface area contributed by atoms with E-state index in [0.29, 0.717) is 6.04 Å². The van der Waals surface area contributed by atoms with E-state index in [0.717, 1.165) is 30.5 Å². The van der Waals surface area contributed by atoms with Crippen LogP contribution in [0.25, 0.3) is 0 Å². The summed E-state index contributed by atoms with van der Waals surface area (Å²) in [5.74, 6) is 0.800. The molecule has 2 nitrogen and oxygen atoms in total. The third-order valence-electron chi connectivity index (χ3n) is 5.30. The largest absolute Gasteiger partial charge is 0.360 e. The number of benzene rings is 1. The normalized spacial score (nSPS) is 21.4. The van der Waals surface area contributed by atoms with Crippen molar-refractivity contribution in [3.63, 3.8) is 0 Å². The van der Waals surface area contributed by atoms with Crippen molar-refractivity contribution in [3.8, 4) is 0 Å². The van der Waals surface area contributed by atoms with Crippen LogP contribution in [0.3, 0.4) is 0 Å². The highest BCUT2D eigenvalue weighted by Gasteiger charge is 2.21. The van der Waals surface area contributed by atoms with Crippen LogP contribution in [0.15, 0.2) is 42.5 Å². The summed E-state index contributed by atoms with van der Waals surface area (Å²) in [5.41, 5.74) is 1.35. The zero-order valence-corrected chi connectivity index (χ0v) is 15.4. The van der Waals surface area contributed by atoms with Gasteiger partial charge in [-0.15, -0.1) is 0 Å². The number of hydrogen-bond acceptors (Lipinski definition) is 1. The van der Waals surface area contributed by atoms with Gasteiger partial charge >= 0.3 is 0 Å². The minimum absolute atomic E-state index is 0.507. The molecule has 1 aromatic carbocycles. The van der Waals surface area contributed by atoms with E-state index in [1.54, 1.807) is 0 Å². The molecule has 1 saturated carbocycles. The Morgan fingerprint density at radius 3 is 2.54 bits per heavy atom. The molecule has 24 heavy (non-hydrogen) atoms. The van der Waals surface area contributed by atoms with Crippen molar-refractivity contribution in [1.82, 2.24) is 10.2 Å². The number of rotatable bonds is 5. The van der Waals surface area contributed by atoms with Crippen molar-refractivity contribution in [2.75, 3.05) is 6.54 Å². The van der Waals surface area contributed by atoms with Gasteiger partial charge in [-0.1, -0.05) is 61.7 Å². The summed E-state index contributed by atoms with van der Waals surface area (Å²) < 4.78 is 0. The molecule has 0 heterocycles. The first-order valence-electron chi connectivity index (χ1n) is 9.55. The maximum absolute atomic E-state index is 5.81. The van der Waals surface area contributed by atoms with E-state index < -0.39 is 0 Å². The van der Waals surface area contributed by atoms with Gasteiger partial charge in [0.2, 0.25) is 0 Å². The molecule has 3 rings (SSSR count). The van der Waals surface area contributed by atoms with Gasteiger partial charge in [-0.25, -0.2) is 0 Å². The van der Waals surface area contributed by atoms with E-state index in [1.807, 2.05) is 0 Å². The van der Waals surface area contributed by atoms with Gasteiger partial charge in [-0.2, -0.15) is 0 Å². The zero-order chi connectivity index (χ0) is 16.6. The first kappa shape index (κ1) is 17.5. The second-order valence-electron chi connectivity index (χ2n) is 7.30. The van der Waals surface area contributed by atoms with Crippen molar-refractivity contribution in [2.45, 2.75) is 64.0 Å². The highest BCUT2D eigenvalue weighted by molar-refractivity contribution is 7.80. The topological polar surface area (TPSA) is 15.3 Å². The molecule has 130 valence electrons. The second-order valence-corrected chi connectivity index (χ2v) is 7.69. The molecule has 0 aliphatic heterocycles. The first-order chi connectivity index (χ1) is 11.8. The van der Waals surface area contributed by atoms with Crippen LogP contribution in [-0.2, 0) is 6.54 Å². The fraction of sp³-hybridized carbons (Fsp3) is 0.571. The molecular formula is C21H30N2S. The van der Waals surface area contributed by atoms with E-state index in [2.05, 4.69) is 52.7 Å². The lowest BCUT2D eigenvalue weighted by molar-refractivity contribution is 0.265. The Bertz CT molecular complexity index is 534. The summed E-state index contributed by atoms with van der Waals surface area (Å²) in [5, 5.41) is 4.58. The van der Waals surface area contributed by atoms with Crippen molar-refractivity contribution in [1.29, 1.82) is 0 Å². The molecule has 0 radical (unpaired) electrons. The summed E-state index contributed by atoms with van der Waals surface area (Å²) >= 11 is 5.81. The third-order valence-corrected chi connectivity index (χ3v) is 5.68. The van der Waals surface area contributed by atoms with E-state index in [9.17, 15) is 0 Å². The number of hydrogen-bond donors (Lipinski definition) is 1. The van der Waals surface area contributed by atoms with Gasteiger partial charge in [-0.05, 0) is 55.8 Å². The molecule has 1 fully saturated rings. The van der Waals surface area contributed by atoms with Gasteiger partial charge in [0.15, 0.2) is 5.11 Å². The number of allylic oxidation sites excluding steroid dienone is 1. The molecular weight excluding hydrogens is 312 g/mol. The molecule has 0 spiro atoms. The van der Waals surface area contributed by atoms with E-state index in [1.165, 1.54) is 50.5 Å². The summed E-state index contributed by atoms with van der Waals surface area (Å²) in [6.45, 7) is 2.02. The van der Waals surface area contributed by atoms with Gasteiger partial charge in [0.05, 0.1) is 0 Å². The van der Waals surface area contributed by atoms with Crippen LogP contribution in [0.5, 0.6) is 0 Å². The Hall–Kier alpha value is -1.35. The van der Waals surface area contributed by atoms with Crippen LogP contribution in [0.4, 0.5) is 0 Å². The predicted molar refractivity (Wildman–Crippen MR) is 106 cm³/mol. The molecule has 0 aromatic heterocycles. The van der Waals surface area contributed by atoms with Crippen LogP contribution < -0.4 is 5.32 Å². The molecule has 2 aliphatic carbocycles. The van der Waals surface area contributed by atoms with Gasteiger partial charge in [0.1, 0.15) is 0 Å². The molecule has 0 unspecified atom stereocenters. The van der Waals surface area contributed by atoms with Crippen LogP contribution >= 0.6 is 12.2 Å². The minimum atomic E-state index is 0.507. The van der Waals surface area contributed by atoms with Gasteiger partial charge in [0.25, 0.3) is 0 Å². The van der Waals surface area contributed by atoms with Crippen LogP contribution in [0.2, 0.25) is 0 Å². The number of thiocarbonyl (C=S) groups is 1. The summed E-state index contributed by atoms with van der Waals surface area (Å²) in [6.07, 6.45) is 14.9. The lowest BCUT2D eigenvalue weighted by atomic mass is 9.89. The molecule has 0 bridgehead atoms. The number of nitrogens with zero attached hydrogens (tertiary/aromatic N) is 1. The Labute approximate surface area is 152 Å². The Morgan fingerprint density at radius 2 is 1.83 bits per heavy atom. The Kier molecular flexibility index (Phi) is 6.71. The monoisotopic (exact) mass is 342 g/mol. The van der Waals surface area contributed by atoms with Gasteiger partial charge in [0, 0.05) is 19.1 Å². The Morgan fingerprint density at radius 1 is 1.04 bits per heavy atom. The number of nitrogens with one attached hydrogen (secondary N) is 1. The van der Waals surface area contributed by atoms with Gasteiger partial charge < -0.3 is 10.2 Å². The molecule has 1 aromatic rings. The van der Waals surface area contributed by atoms with Crippen molar-refractivity contribution in [3.05, 3.63) is 48.0 Å². The SMILES string of the molecule is S=C(N[C@@H]1CC=CCC1)N(Cc1ccccc1)CC1CCCCC1. The van der Waals surface area contributed by atoms with Crippen molar-refractivity contribution < 1.29 is 0 Å². The smallest absolute Gasteiger partial charge is 0.169 e. The average Bonchev–Trinajstić information content (AvgIpc) is 2.64. The van der Waals surface area contributed by atoms with E-state index in [-0.39, 0.29) is 0 Å². The summed E-state index contributed by atoms with van der Waals surface area (Å²) in [7, 11) is 0. The quantitative estimate of drug-likeness (QED) is 0.595. The molecule has 1 atom stereocenters. The van der Waals surface area contributed by atoms with Crippen LogP contribution in [0, 0.1) is 5.92 Å². The molecule has 2 aliphatic rings. The van der Waals surface area contributed by atoms with Crippen LogP contribution in [0.1, 0.15) is 56.9 Å². The summed E-state index contributed by atoms with van der Waals surface area (Å²) in [4.78, 5) is 2.42. The zero-order valence-electron chi connectivity index (χ0n) is 14.6. The minimum Gasteiger partial charge on any atom is -0.360 e. The summed E-state index contributed by atoms with van der Waals surface area (Å²) in [6, 6.07) is 11.2. The highest BCUT2D eigenvalue weighted by Crippen LogP contribution is 2.25. The molecule has 3 heteroatoms. The first-order valence-corrected chi connectivity index (χ1v) is 9.96. The molecule has 0 amide bonds. The van der Waals surface area contributed by atoms with E-state index in [4.69, 9.17) is 12.2 Å². The second kappa shape index (κ2) is 9.22. The van der Waals surface area contributed by atoms with Crippen LogP contribution in [-0.4, -0.2) is 22.6 Å². The highest BCUT2D eigenvalue weighted by atomic mass is 32.1. The lowest BCUT2D eigenvalue weighted by Gasteiger charge is -2.34. The fourth-order valence-electron chi connectivity index (χ4n) is 3.90. The molecule has 0 saturated heterocycles. The maximum atomic E-state index is 5.81.